The van der Waals surface area contributed by atoms with E-state index in [4.69, 9.17) is 5.11 Å². The lowest BCUT2D eigenvalue weighted by atomic mass is 10.3. The van der Waals surface area contributed by atoms with Crippen molar-refractivity contribution in [1.82, 2.24) is 4.57 Å². The maximum atomic E-state index is 10.8. The van der Waals surface area contributed by atoms with Crippen LogP contribution in [0.5, 0.6) is 0 Å². The lowest BCUT2D eigenvalue weighted by Crippen LogP contribution is -2.06. The standard InChI is InChI=1S/C9H9NO2S/c1-2-10-7(9(11)12)5-6-3-4-13-8(6)10/h3-5H,2H2,1H3,(H,11,12). The summed E-state index contributed by atoms with van der Waals surface area (Å²) in [5.74, 6) is -0.856. The van der Waals surface area contributed by atoms with Gasteiger partial charge in [0.05, 0.1) is 0 Å². The molecule has 0 bridgehead atoms. The van der Waals surface area contributed by atoms with E-state index < -0.39 is 5.97 Å². The van der Waals surface area contributed by atoms with Crippen molar-refractivity contribution < 1.29 is 9.90 Å². The third-order valence-electron chi connectivity index (χ3n) is 2.04. The lowest BCUT2D eigenvalue weighted by Gasteiger charge is -2.01. The molecule has 0 fully saturated rings. The zero-order valence-electron chi connectivity index (χ0n) is 7.15. The molecule has 0 saturated heterocycles. The van der Waals surface area contributed by atoms with E-state index in [0.717, 1.165) is 10.2 Å². The Morgan fingerprint density at radius 2 is 2.46 bits per heavy atom. The third kappa shape index (κ3) is 1.14. The molecular weight excluding hydrogens is 186 g/mol. The largest absolute Gasteiger partial charge is 0.477 e. The smallest absolute Gasteiger partial charge is 0.352 e. The molecular formula is C9H9NO2S. The number of nitrogens with zero attached hydrogens (tertiary/aromatic N) is 1. The van der Waals surface area contributed by atoms with Crippen molar-refractivity contribution in [3.63, 3.8) is 0 Å². The number of thiophene rings is 1. The Labute approximate surface area is 79.2 Å². The van der Waals surface area contributed by atoms with Crippen LogP contribution in [0.15, 0.2) is 17.5 Å². The number of hydrogen-bond donors (Lipinski definition) is 1. The molecule has 0 atom stereocenters. The zero-order valence-corrected chi connectivity index (χ0v) is 7.97. The minimum absolute atomic E-state index is 0.379. The highest BCUT2D eigenvalue weighted by Crippen LogP contribution is 2.25. The van der Waals surface area contributed by atoms with Gasteiger partial charge in [-0.3, -0.25) is 0 Å². The first kappa shape index (κ1) is 8.31. The Morgan fingerprint density at radius 3 is 3.08 bits per heavy atom. The fourth-order valence-corrected chi connectivity index (χ4v) is 2.43. The molecule has 0 aromatic carbocycles. The third-order valence-corrected chi connectivity index (χ3v) is 2.99. The van der Waals surface area contributed by atoms with Crippen LogP contribution in [0.1, 0.15) is 17.4 Å². The summed E-state index contributed by atoms with van der Waals surface area (Å²) in [4.78, 5) is 11.9. The molecule has 2 aromatic rings. The van der Waals surface area contributed by atoms with E-state index in [0.29, 0.717) is 12.2 Å². The number of aromatic carboxylic acids is 1. The predicted molar refractivity (Wildman–Crippen MR) is 52.4 cm³/mol. The summed E-state index contributed by atoms with van der Waals surface area (Å²) >= 11 is 1.58. The average molecular weight is 195 g/mol. The molecule has 0 radical (unpaired) electrons. The average Bonchev–Trinajstić information content (AvgIpc) is 2.60. The Balaban J connectivity index is 2.74. The molecule has 0 aliphatic heterocycles. The molecule has 3 nitrogen and oxygen atoms in total. The summed E-state index contributed by atoms with van der Waals surface area (Å²) in [6.07, 6.45) is 0. The number of aryl methyl sites for hydroxylation is 1. The van der Waals surface area contributed by atoms with Gasteiger partial charge in [-0.05, 0) is 24.4 Å². The highest BCUT2D eigenvalue weighted by molar-refractivity contribution is 7.16. The van der Waals surface area contributed by atoms with Gasteiger partial charge in [-0.1, -0.05) is 0 Å². The Morgan fingerprint density at radius 1 is 1.69 bits per heavy atom. The predicted octanol–water partition coefficient (Wildman–Crippen LogP) is 2.42. The van der Waals surface area contributed by atoms with Crippen molar-refractivity contribution in [2.75, 3.05) is 0 Å². The monoisotopic (exact) mass is 195 g/mol. The van der Waals surface area contributed by atoms with Gasteiger partial charge < -0.3 is 9.67 Å². The molecule has 0 saturated carbocycles. The Kier molecular flexibility index (Phi) is 1.84. The molecule has 2 rings (SSSR count). The van der Waals surface area contributed by atoms with E-state index in [1.165, 1.54) is 0 Å². The van der Waals surface area contributed by atoms with Gasteiger partial charge in [-0.15, -0.1) is 11.3 Å². The maximum absolute atomic E-state index is 10.8. The number of rotatable bonds is 2. The van der Waals surface area contributed by atoms with Crippen LogP contribution in [0.3, 0.4) is 0 Å². The fourth-order valence-electron chi connectivity index (χ4n) is 1.47. The van der Waals surface area contributed by atoms with Crippen LogP contribution in [0.4, 0.5) is 0 Å². The SMILES string of the molecule is CCn1c(C(=O)O)cc2ccsc21. The van der Waals surface area contributed by atoms with Gasteiger partial charge >= 0.3 is 5.97 Å². The van der Waals surface area contributed by atoms with Crippen molar-refractivity contribution in [1.29, 1.82) is 0 Å². The van der Waals surface area contributed by atoms with Crippen LogP contribution in [-0.2, 0) is 6.54 Å². The molecule has 2 heterocycles. The van der Waals surface area contributed by atoms with E-state index in [1.54, 1.807) is 17.4 Å². The first-order valence-corrected chi connectivity index (χ1v) is 4.92. The highest BCUT2D eigenvalue weighted by atomic mass is 32.1. The summed E-state index contributed by atoms with van der Waals surface area (Å²) in [6.45, 7) is 2.65. The quantitative estimate of drug-likeness (QED) is 0.799. The van der Waals surface area contributed by atoms with Gasteiger partial charge in [0.15, 0.2) is 0 Å². The van der Waals surface area contributed by atoms with E-state index in [1.807, 2.05) is 22.9 Å². The van der Waals surface area contributed by atoms with Gasteiger partial charge in [0, 0.05) is 11.9 Å². The van der Waals surface area contributed by atoms with Gasteiger partial charge in [0.2, 0.25) is 0 Å². The second-order valence-corrected chi connectivity index (χ2v) is 3.65. The molecule has 2 aromatic heterocycles. The fraction of sp³-hybridized carbons (Fsp3) is 0.222. The molecule has 13 heavy (non-hydrogen) atoms. The number of carboxylic acids is 1. The highest BCUT2D eigenvalue weighted by Gasteiger charge is 2.13. The minimum atomic E-state index is -0.856. The number of fused-ring (bicyclic) bond motifs is 1. The number of carboxylic acid groups (broad SMARTS) is 1. The van der Waals surface area contributed by atoms with Crippen LogP contribution in [0.25, 0.3) is 10.2 Å². The second-order valence-electron chi connectivity index (χ2n) is 2.76. The van der Waals surface area contributed by atoms with Crippen molar-refractivity contribution in [2.24, 2.45) is 0 Å². The molecule has 0 aliphatic rings. The zero-order chi connectivity index (χ0) is 9.42. The van der Waals surface area contributed by atoms with Gasteiger partial charge in [0.1, 0.15) is 10.5 Å². The van der Waals surface area contributed by atoms with Crippen LogP contribution >= 0.6 is 11.3 Å². The van der Waals surface area contributed by atoms with E-state index in [-0.39, 0.29) is 0 Å². The summed E-state index contributed by atoms with van der Waals surface area (Å²) in [7, 11) is 0. The first-order valence-electron chi connectivity index (χ1n) is 4.04. The van der Waals surface area contributed by atoms with E-state index in [2.05, 4.69) is 0 Å². The van der Waals surface area contributed by atoms with Crippen molar-refractivity contribution >= 4 is 27.5 Å². The molecule has 68 valence electrons. The topological polar surface area (TPSA) is 42.2 Å². The molecule has 0 spiro atoms. The van der Waals surface area contributed by atoms with E-state index >= 15 is 0 Å². The Hall–Kier alpha value is -1.29. The van der Waals surface area contributed by atoms with Crippen molar-refractivity contribution in [2.45, 2.75) is 13.5 Å². The lowest BCUT2D eigenvalue weighted by molar-refractivity contribution is 0.0686. The first-order chi connectivity index (χ1) is 6.24. The second kappa shape index (κ2) is 2.88. The number of aromatic nitrogens is 1. The van der Waals surface area contributed by atoms with Gasteiger partial charge in [-0.25, -0.2) is 4.79 Å². The van der Waals surface area contributed by atoms with Crippen LogP contribution in [0.2, 0.25) is 0 Å². The normalized spacial score (nSPS) is 10.8. The maximum Gasteiger partial charge on any atom is 0.352 e. The minimum Gasteiger partial charge on any atom is -0.477 e. The molecule has 0 unspecified atom stereocenters. The van der Waals surface area contributed by atoms with E-state index in [9.17, 15) is 4.79 Å². The van der Waals surface area contributed by atoms with Gasteiger partial charge in [0.25, 0.3) is 0 Å². The van der Waals surface area contributed by atoms with Crippen LogP contribution in [0, 0.1) is 0 Å². The van der Waals surface area contributed by atoms with Crippen molar-refractivity contribution in [3.05, 3.63) is 23.2 Å². The Bertz CT molecular complexity index is 455. The summed E-state index contributed by atoms with van der Waals surface area (Å²) in [6, 6.07) is 3.66. The molecule has 4 heteroatoms. The summed E-state index contributed by atoms with van der Waals surface area (Å²) in [5.41, 5.74) is 0.379. The van der Waals surface area contributed by atoms with Crippen molar-refractivity contribution in [3.8, 4) is 0 Å². The number of carbonyl (C=O) groups is 1. The van der Waals surface area contributed by atoms with Crippen LogP contribution in [-0.4, -0.2) is 15.6 Å². The summed E-state index contributed by atoms with van der Waals surface area (Å²) in [5, 5.41) is 11.9. The number of hydrogen-bond acceptors (Lipinski definition) is 2. The van der Waals surface area contributed by atoms with Crippen LogP contribution < -0.4 is 0 Å². The van der Waals surface area contributed by atoms with Gasteiger partial charge in [-0.2, -0.15) is 0 Å². The summed E-state index contributed by atoms with van der Waals surface area (Å²) < 4.78 is 1.82. The molecule has 1 N–H and O–H groups in total. The molecule has 0 amide bonds. The molecule has 0 aliphatic carbocycles.